The zero-order chi connectivity index (χ0) is 14.8. The van der Waals surface area contributed by atoms with Crippen molar-refractivity contribution >= 4 is 28.1 Å². The van der Waals surface area contributed by atoms with Crippen LogP contribution in [0.25, 0.3) is 21.5 Å². The van der Waals surface area contributed by atoms with Gasteiger partial charge < -0.3 is 9.88 Å². The van der Waals surface area contributed by atoms with Crippen molar-refractivity contribution in [2.24, 2.45) is 0 Å². The average molecular weight is 298 g/mol. The molecule has 0 radical (unpaired) electrons. The Bertz CT molecular complexity index is 756. The standard InChI is InChI=1S/C17H18N2OS/c1-12(2)18-17(20)11-19-14-7-4-3-6-13(14)10-15(19)16-8-5-9-21-16/h3-10,12H,11H2,1-2H3,(H,18,20). The van der Waals surface area contributed by atoms with Crippen LogP contribution in [0.5, 0.6) is 0 Å². The number of nitrogens with zero attached hydrogens (tertiary/aromatic N) is 1. The third-order valence-electron chi connectivity index (χ3n) is 3.34. The van der Waals surface area contributed by atoms with E-state index in [2.05, 4.69) is 39.5 Å². The molecule has 1 aromatic carbocycles. The van der Waals surface area contributed by atoms with Gasteiger partial charge >= 0.3 is 0 Å². The molecule has 0 fully saturated rings. The second kappa shape index (κ2) is 5.74. The van der Waals surface area contributed by atoms with Crippen molar-refractivity contribution in [1.82, 2.24) is 9.88 Å². The second-order valence-electron chi connectivity index (χ2n) is 5.37. The number of benzene rings is 1. The highest BCUT2D eigenvalue weighted by Crippen LogP contribution is 2.31. The van der Waals surface area contributed by atoms with Crippen LogP contribution >= 0.6 is 11.3 Å². The molecular weight excluding hydrogens is 280 g/mol. The van der Waals surface area contributed by atoms with Crippen LogP contribution in [-0.4, -0.2) is 16.5 Å². The van der Waals surface area contributed by atoms with E-state index >= 15 is 0 Å². The zero-order valence-corrected chi connectivity index (χ0v) is 13.0. The number of carbonyl (C=O) groups excluding carboxylic acids is 1. The molecule has 3 nitrogen and oxygen atoms in total. The van der Waals surface area contributed by atoms with E-state index in [4.69, 9.17) is 0 Å². The first kappa shape index (κ1) is 13.9. The van der Waals surface area contributed by atoms with E-state index in [1.54, 1.807) is 11.3 Å². The van der Waals surface area contributed by atoms with Crippen LogP contribution in [0, 0.1) is 0 Å². The number of thiophene rings is 1. The summed E-state index contributed by atoms with van der Waals surface area (Å²) in [5.74, 6) is 0.0455. The molecule has 0 aliphatic heterocycles. The predicted molar refractivity (Wildman–Crippen MR) is 88.5 cm³/mol. The molecule has 4 heteroatoms. The third kappa shape index (κ3) is 2.85. The van der Waals surface area contributed by atoms with Crippen LogP contribution in [-0.2, 0) is 11.3 Å². The van der Waals surface area contributed by atoms with E-state index in [-0.39, 0.29) is 11.9 Å². The molecule has 21 heavy (non-hydrogen) atoms. The van der Waals surface area contributed by atoms with E-state index in [1.165, 1.54) is 10.3 Å². The first-order valence-electron chi connectivity index (χ1n) is 7.06. The monoisotopic (exact) mass is 298 g/mol. The highest BCUT2D eigenvalue weighted by molar-refractivity contribution is 7.13. The van der Waals surface area contributed by atoms with Crippen molar-refractivity contribution in [3.05, 3.63) is 47.8 Å². The normalized spacial score (nSPS) is 11.2. The van der Waals surface area contributed by atoms with Crippen LogP contribution in [0.1, 0.15) is 13.8 Å². The minimum absolute atomic E-state index is 0.0455. The maximum atomic E-state index is 12.2. The molecule has 0 aliphatic rings. The lowest BCUT2D eigenvalue weighted by molar-refractivity contribution is -0.122. The second-order valence-corrected chi connectivity index (χ2v) is 6.32. The molecule has 0 spiro atoms. The minimum atomic E-state index is 0.0455. The summed E-state index contributed by atoms with van der Waals surface area (Å²) in [6, 6.07) is 14.6. The first-order chi connectivity index (χ1) is 10.1. The van der Waals surface area contributed by atoms with Gasteiger partial charge in [-0.1, -0.05) is 24.3 Å². The lowest BCUT2D eigenvalue weighted by atomic mass is 10.2. The zero-order valence-electron chi connectivity index (χ0n) is 12.2. The number of carbonyl (C=O) groups is 1. The molecule has 0 atom stereocenters. The fourth-order valence-corrected chi connectivity index (χ4v) is 3.27. The summed E-state index contributed by atoms with van der Waals surface area (Å²) < 4.78 is 2.10. The molecule has 0 saturated heterocycles. The SMILES string of the molecule is CC(C)NC(=O)Cn1c(-c2cccs2)cc2ccccc21. The molecule has 0 saturated carbocycles. The average Bonchev–Trinajstić information content (AvgIpc) is 3.06. The molecule has 108 valence electrons. The molecular formula is C17H18N2OS. The van der Waals surface area contributed by atoms with Gasteiger partial charge in [0.15, 0.2) is 0 Å². The number of aromatic nitrogens is 1. The molecule has 1 amide bonds. The number of para-hydroxylation sites is 1. The Hall–Kier alpha value is -2.07. The molecule has 3 aromatic rings. The van der Waals surface area contributed by atoms with Crippen LogP contribution in [0.4, 0.5) is 0 Å². The quantitative estimate of drug-likeness (QED) is 0.779. The van der Waals surface area contributed by atoms with Gasteiger partial charge in [-0.2, -0.15) is 0 Å². The molecule has 2 heterocycles. The summed E-state index contributed by atoms with van der Waals surface area (Å²) in [7, 11) is 0. The highest BCUT2D eigenvalue weighted by atomic mass is 32.1. The van der Waals surface area contributed by atoms with E-state index in [0.717, 1.165) is 11.2 Å². The van der Waals surface area contributed by atoms with Crippen molar-refractivity contribution in [3.63, 3.8) is 0 Å². The number of rotatable bonds is 4. The lowest BCUT2D eigenvalue weighted by Crippen LogP contribution is -2.33. The Morgan fingerprint density at radius 1 is 1.24 bits per heavy atom. The highest BCUT2D eigenvalue weighted by Gasteiger charge is 2.14. The van der Waals surface area contributed by atoms with Crippen LogP contribution in [0.2, 0.25) is 0 Å². The van der Waals surface area contributed by atoms with E-state index < -0.39 is 0 Å². The van der Waals surface area contributed by atoms with Gasteiger partial charge in [-0.15, -0.1) is 11.3 Å². The number of fused-ring (bicyclic) bond motifs is 1. The Kier molecular flexibility index (Phi) is 3.80. The van der Waals surface area contributed by atoms with Crippen LogP contribution in [0.3, 0.4) is 0 Å². The summed E-state index contributed by atoms with van der Waals surface area (Å²) in [5.41, 5.74) is 2.20. The van der Waals surface area contributed by atoms with Crippen molar-refractivity contribution in [3.8, 4) is 10.6 Å². The maximum absolute atomic E-state index is 12.2. The van der Waals surface area contributed by atoms with Gasteiger partial charge in [0, 0.05) is 16.9 Å². The predicted octanol–water partition coefficient (Wildman–Crippen LogP) is 3.89. The van der Waals surface area contributed by atoms with Gasteiger partial charge in [-0.3, -0.25) is 4.79 Å². The summed E-state index contributed by atoms with van der Waals surface area (Å²) in [6.45, 7) is 4.30. The summed E-state index contributed by atoms with van der Waals surface area (Å²) in [6.07, 6.45) is 0. The topological polar surface area (TPSA) is 34.0 Å². The first-order valence-corrected chi connectivity index (χ1v) is 7.94. The smallest absolute Gasteiger partial charge is 0.240 e. The molecule has 1 N–H and O–H groups in total. The van der Waals surface area contributed by atoms with Gasteiger partial charge in [-0.25, -0.2) is 0 Å². The molecule has 0 unspecified atom stereocenters. The Balaban J connectivity index is 2.06. The largest absolute Gasteiger partial charge is 0.352 e. The Labute approximate surface area is 128 Å². The number of hydrogen-bond donors (Lipinski definition) is 1. The van der Waals surface area contributed by atoms with Crippen LogP contribution < -0.4 is 5.32 Å². The molecule has 0 bridgehead atoms. The Morgan fingerprint density at radius 2 is 2.05 bits per heavy atom. The van der Waals surface area contributed by atoms with Crippen molar-refractivity contribution in [2.45, 2.75) is 26.4 Å². The van der Waals surface area contributed by atoms with Crippen LogP contribution in [0.15, 0.2) is 47.8 Å². The third-order valence-corrected chi connectivity index (χ3v) is 4.23. The number of hydrogen-bond acceptors (Lipinski definition) is 2. The minimum Gasteiger partial charge on any atom is -0.352 e. The van der Waals surface area contributed by atoms with Crippen molar-refractivity contribution < 1.29 is 4.79 Å². The van der Waals surface area contributed by atoms with Crippen molar-refractivity contribution in [1.29, 1.82) is 0 Å². The van der Waals surface area contributed by atoms with Gasteiger partial charge in [0.1, 0.15) is 6.54 Å². The number of nitrogens with one attached hydrogen (secondary N) is 1. The summed E-state index contributed by atoms with van der Waals surface area (Å²) >= 11 is 1.69. The lowest BCUT2D eigenvalue weighted by Gasteiger charge is -2.12. The molecule has 3 rings (SSSR count). The van der Waals surface area contributed by atoms with Gasteiger partial charge in [0.25, 0.3) is 0 Å². The van der Waals surface area contributed by atoms with Gasteiger partial charge in [0.05, 0.1) is 10.6 Å². The Morgan fingerprint density at radius 3 is 2.76 bits per heavy atom. The van der Waals surface area contributed by atoms with Gasteiger partial charge in [-0.05, 0) is 37.4 Å². The fourth-order valence-electron chi connectivity index (χ4n) is 2.52. The fraction of sp³-hybridized carbons (Fsp3) is 0.235. The van der Waals surface area contributed by atoms with Gasteiger partial charge in [0.2, 0.25) is 5.91 Å². The maximum Gasteiger partial charge on any atom is 0.240 e. The molecule has 2 aromatic heterocycles. The van der Waals surface area contributed by atoms with Crippen molar-refractivity contribution in [2.75, 3.05) is 0 Å². The summed E-state index contributed by atoms with van der Waals surface area (Å²) in [5, 5.41) is 6.19. The van der Waals surface area contributed by atoms with E-state index in [1.807, 2.05) is 32.0 Å². The summed E-state index contributed by atoms with van der Waals surface area (Å²) in [4.78, 5) is 13.3. The van der Waals surface area contributed by atoms with E-state index in [0.29, 0.717) is 6.54 Å². The molecule has 0 aliphatic carbocycles. The number of amides is 1. The van der Waals surface area contributed by atoms with E-state index in [9.17, 15) is 4.79 Å².